The molecule has 0 amide bonds. The summed E-state index contributed by atoms with van der Waals surface area (Å²) in [4.78, 5) is 0. The molecule has 2 nitrogen and oxygen atoms in total. The Labute approximate surface area is 271 Å². The molecule has 9 atom stereocenters. The van der Waals surface area contributed by atoms with E-state index in [1.807, 2.05) is 0 Å². The third kappa shape index (κ3) is 7.18. The maximum Gasteiger partial charge on any atom is 0.192 e. The van der Waals surface area contributed by atoms with Crippen LogP contribution in [-0.2, 0) is 8.85 Å². The molecule has 0 aromatic rings. The quantitative estimate of drug-likeness (QED) is 0.177. The largest absolute Gasteiger partial charge is 0.417 e. The van der Waals surface area contributed by atoms with E-state index < -0.39 is 16.6 Å². The van der Waals surface area contributed by atoms with Gasteiger partial charge in [0.15, 0.2) is 16.6 Å². The van der Waals surface area contributed by atoms with Crippen LogP contribution in [0.3, 0.4) is 0 Å². The molecule has 0 saturated heterocycles. The molecule has 0 aromatic carbocycles. The van der Waals surface area contributed by atoms with Crippen LogP contribution in [0.2, 0.25) is 36.3 Å². The van der Waals surface area contributed by atoms with Crippen LogP contribution < -0.4 is 0 Å². The van der Waals surface area contributed by atoms with Gasteiger partial charge >= 0.3 is 0 Å². The lowest BCUT2D eigenvalue weighted by Crippen LogP contribution is -2.52. The van der Waals surface area contributed by atoms with Gasteiger partial charge in [0.1, 0.15) is 0 Å². The molecule has 0 bridgehead atoms. The summed E-state index contributed by atoms with van der Waals surface area (Å²) in [5.74, 6) is 5.20. The number of hydrogen-bond donors (Lipinski definition) is 0. The van der Waals surface area contributed by atoms with E-state index in [0.717, 1.165) is 36.2 Å². The maximum absolute atomic E-state index is 6.98. The molecule has 4 heteroatoms. The summed E-state index contributed by atoms with van der Waals surface area (Å²) in [6.45, 7) is 35.3. The highest BCUT2D eigenvalue weighted by Crippen LogP contribution is 2.67. The number of hydrogen-bond acceptors (Lipinski definition) is 2. The van der Waals surface area contributed by atoms with Crippen molar-refractivity contribution in [3.63, 3.8) is 0 Å². The van der Waals surface area contributed by atoms with Crippen molar-refractivity contribution in [2.45, 2.75) is 182 Å². The SMILES string of the molecule is CC(CCC[C@@H](C)C1CCC2C3CC=C4C[C@@H](O[Si](C)(C)C(C)(C)C)CC[C@]4(C)C3CC[C@@]21C)CO[Si](C)(C)C(C)(C)C. The lowest BCUT2D eigenvalue weighted by Gasteiger charge is -2.59. The Kier molecular flexibility index (Phi) is 10.5. The van der Waals surface area contributed by atoms with Crippen molar-refractivity contribution in [1.82, 2.24) is 0 Å². The summed E-state index contributed by atoms with van der Waals surface area (Å²) in [5, 5.41) is 0.599. The Bertz CT molecular complexity index is 986. The Hall–Kier alpha value is 0.0938. The topological polar surface area (TPSA) is 18.5 Å². The Balaban J connectivity index is 1.33. The van der Waals surface area contributed by atoms with Gasteiger partial charge in [0.2, 0.25) is 0 Å². The molecule has 4 aliphatic rings. The van der Waals surface area contributed by atoms with E-state index >= 15 is 0 Å². The van der Waals surface area contributed by atoms with Crippen LogP contribution >= 0.6 is 0 Å². The van der Waals surface area contributed by atoms with Gasteiger partial charge in [0.25, 0.3) is 0 Å². The fraction of sp³-hybridized carbons (Fsp3) is 0.949. The number of allylic oxidation sites excluding steroid dienone is 1. The molecule has 4 rings (SSSR count). The molecular weight excluding hydrogens is 557 g/mol. The highest BCUT2D eigenvalue weighted by molar-refractivity contribution is 6.74. The van der Waals surface area contributed by atoms with Gasteiger partial charge < -0.3 is 8.85 Å². The monoisotopic (exact) mass is 631 g/mol. The van der Waals surface area contributed by atoms with E-state index in [0.29, 0.717) is 32.9 Å². The molecular formula is C39H74O2Si2. The van der Waals surface area contributed by atoms with Crippen LogP contribution in [0, 0.1) is 46.3 Å². The summed E-state index contributed by atoms with van der Waals surface area (Å²) in [6, 6.07) is 0. The Morgan fingerprint density at radius 3 is 2.12 bits per heavy atom. The standard InChI is InChI=1S/C39H74O2Si2/c1-28(27-40-42(11,12)36(3,4)5)16-15-17-29(2)33-20-21-34-32-19-18-30-26-31(41-43(13,14)37(6,7)8)22-24-38(30,9)35(32)23-25-39(33,34)10/h18,28-29,31-35H,15-17,19-27H2,1-14H3/t28?,29-,31+,32?,33?,34?,35?,38+,39-/m1/s1. The molecule has 3 fully saturated rings. The van der Waals surface area contributed by atoms with E-state index in [1.54, 1.807) is 5.57 Å². The van der Waals surface area contributed by atoms with Gasteiger partial charge in [-0.05, 0) is 140 Å². The smallest absolute Gasteiger partial charge is 0.192 e. The predicted octanol–water partition coefficient (Wildman–Crippen LogP) is 12.4. The Morgan fingerprint density at radius 2 is 1.49 bits per heavy atom. The molecule has 250 valence electrons. The average Bonchev–Trinajstić information content (AvgIpc) is 3.23. The highest BCUT2D eigenvalue weighted by atomic mass is 28.4. The second kappa shape index (κ2) is 12.6. The van der Waals surface area contributed by atoms with E-state index in [-0.39, 0.29) is 0 Å². The first-order valence-corrected chi connectivity index (χ1v) is 24.5. The fourth-order valence-electron chi connectivity index (χ4n) is 9.94. The summed E-state index contributed by atoms with van der Waals surface area (Å²) >= 11 is 0. The lowest BCUT2D eigenvalue weighted by atomic mass is 9.47. The molecule has 0 aromatic heterocycles. The van der Waals surface area contributed by atoms with E-state index in [1.165, 1.54) is 70.6 Å². The number of fused-ring (bicyclic) bond motifs is 5. The lowest BCUT2D eigenvalue weighted by molar-refractivity contribution is -0.0565. The van der Waals surface area contributed by atoms with Crippen LogP contribution in [0.1, 0.15) is 140 Å². The minimum atomic E-state index is -1.72. The van der Waals surface area contributed by atoms with Crippen LogP contribution in [0.4, 0.5) is 0 Å². The summed E-state index contributed by atoms with van der Waals surface area (Å²) in [7, 11) is -3.36. The van der Waals surface area contributed by atoms with E-state index in [9.17, 15) is 0 Å². The van der Waals surface area contributed by atoms with Crippen molar-refractivity contribution in [2.75, 3.05) is 6.61 Å². The van der Waals surface area contributed by atoms with Gasteiger partial charge in [-0.3, -0.25) is 0 Å². The first-order valence-electron chi connectivity index (χ1n) is 18.6. The zero-order valence-corrected chi connectivity index (χ0v) is 33.4. The molecule has 3 saturated carbocycles. The van der Waals surface area contributed by atoms with Crippen LogP contribution in [0.15, 0.2) is 11.6 Å². The van der Waals surface area contributed by atoms with Crippen molar-refractivity contribution in [3.05, 3.63) is 11.6 Å². The second-order valence-corrected chi connectivity index (χ2v) is 29.4. The normalized spacial score (nSPS) is 36.8. The second-order valence-electron chi connectivity index (χ2n) is 19.8. The van der Waals surface area contributed by atoms with Gasteiger partial charge in [-0.25, -0.2) is 0 Å². The molecule has 0 N–H and O–H groups in total. The van der Waals surface area contributed by atoms with Crippen molar-refractivity contribution in [2.24, 2.45) is 46.3 Å². The molecule has 43 heavy (non-hydrogen) atoms. The zero-order chi connectivity index (χ0) is 32.2. The first kappa shape index (κ1) is 35.9. The minimum Gasteiger partial charge on any atom is -0.417 e. The van der Waals surface area contributed by atoms with Gasteiger partial charge in [0, 0.05) is 12.7 Å². The molecule has 5 unspecified atom stereocenters. The Morgan fingerprint density at radius 1 is 0.837 bits per heavy atom. The van der Waals surface area contributed by atoms with E-state index in [2.05, 4.69) is 102 Å². The predicted molar refractivity (Wildman–Crippen MR) is 193 cm³/mol. The molecule has 4 aliphatic carbocycles. The summed E-state index contributed by atoms with van der Waals surface area (Å²) < 4.78 is 13.5. The number of rotatable bonds is 10. The highest BCUT2D eigenvalue weighted by Gasteiger charge is 2.59. The third-order valence-electron chi connectivity index (χ3n) is 15.0. The van der Waals surface area contributed by atoms with Crippen LogP contribution in [0.5, 0.6) is 0 Å². The molecule has 0 radical (unpaired) electrons. The van der Waals surface area contributed by atoms with Crippen LogP contribution in [-0.4, -0.2) is 29.3 Å². The van der Waals surface area contributed by atoms with Gasteiger partial charge in [-0.2, -0.15) is 0 Å². The minimum absolute atomic E-state index is 0.293. The molecule has 0 heterocycles. The van der Waals surface area contributed by atoms with Crippen molar-refractivity contribution >= 4 is 16.6 Å². The molecule has 0 spiro atoms. The summed E-state index contributed by atoms with van der Waals surface area (Å²) in [5.41, 5.74) is 2.76. The first-order chi connectivity index (χ1) is 19.6. The van der Waals surface area contributed by atoms with Crippen molar-refractivity contribution in [1.29, 1.82) is 0 Å². The van der Waals surface area contributed by atoms with Gasteiger partial charge in [-0.15, -0.1) is 0 Å². The third-order valence-corrected chi connectivity index (χ3v) is 24.0. The van der Waals surface area contributed by atoms with Gasteiger partial charge in [-0.1, -0.05) is 93.7 Å². The average molecular weight is 631 g/mol. The van der Waals surface area contributed by atoms with Crippen molar-refractivity contribution < 1.29 is 8.85 Å². The van der Waals surface area contributed by atoms with Crippen molar-refractivity contribution in [3.8, 4) is 0 Å². The molecule has 0 aliphatic heterocycles. The van der Waals surface area contributed by atoms with Gasteiger partial charge in [0.05, 0.1) is 0 Å². The zero-order valence-electron chi connectivity index (χ0n) is 31.4. The summed E-state index contributed by atoms with van der Waals surface area (Å²) in [6.07, 6.45) is 18.3. The van der Waals surface area contributed by atoms with E-state index in [4.69, 9.17) is 8.85 Å². The maximum atomic E-state index is 6.98. The van der Waals surface area contributed by atoms with Crippen LogP contribution in [0.25, 0.3) is 0 Å². The fourth-order valence-corrected chi connectivity index (χ4v) is 12.5.